The molecule has 0 atom stereocenters. The number of carbonyl (C=O) groups is 1. The summed E-state index contributed by atoms with van der Waals surface area (Å²) in [5.74, 6) is -0.920. The molecule has 1 aromatic heterocycles. The van der Waals surface area contributed by atoms with Gasteiger partial charge in [-0.15, -0.1) is 0 Å². The highest BCUT2D eigenvalue weighted by Crippen LogP contribution is 2.33. The zero-order valence-corrected chi connectivity index (χ0v) is 24.0. The molecule has 8 nitrogen and oxygen atoms in total. The molecule has 3 aromatic carbocycles. The number of carboxylic acids is 1. The van der Waals surface area contributed by atoms with Crippen LogP contribution in [0.2, 0.25) is 5.02 Å². The SMILES string of the molecule is CCN(CC)CCS(=O)(=O)c1ccc(N=C(c2ccc(CCC(=O)O)cc2)c2c(O)[nH]c3cc(Cl)ccc23)cc1. The maximum atomic E-state index is 12.9. The van der Waals surface area contributed by atoms with E-state index in [4.69, 9.17) is 21.7 Å². The van der Waals surface area contributed by atoms with Gasteiger partial charge in [0.1, 0.15) is 0 Å². The number of nitrogens with one attached hydrogen (secondary N) is 1. The fourth-order valence-corrected chi connectivity index (χ4v) is 5.96. The molecule has 40 heavy (non-hydrogen) atoms. The molecule has 0 fully saturated rings. The smallest absolute Gasteiger partial charge is 0.303 e. The van der Waals surface area contributed by atoms with Crippen LogP contribution in [0.3, 0.4) is 0 Å². The van der Waals surface area contributed by atoms with Gasteiger partial charge in [-0.05, 0) is 61.5 Å². The third-order valence-electron chi connectivity index (χ3n) is 6.84. The number of aromatic amines is 1. The first-order chi connectivity index (χ1) is 19.1. The topological polar surface area (TPSA) is 123 Å². The first kappa shape index (κ1) is 29.3. The van der Waals surface area contributed by atoms with Gasteiger partial charge in [-0.1, -0.05) is 55.8 Å². The van der Waals surface area contributed by atoms with Crippen molar-refractivity contribution in [3.05, 3.63) is 88.4 Å². The number of aromatic hydroxyl groups is 1. The Morgan fingerprint density at radius 1 is 1.00 bits per heavy atom. The van der Waals surface area contributed by atoms with Crippen LogP contribution in [0, 0.1) is 0 Å². The second kappa shape index (κ2) is 12.7. The van der Waals surface area contributed by atoms with Gasteiger partial charge in [-0.2, -0.15) is 0 Å². The van der Waals surface area contributed by atoms with E-state index in [1.807, 2.05) is 38.1 Å². The molecule has 0 saturated carbocycles. The van der Waals surface area contributed by atoms with Gasteiger partial charge in [0, 0.05) is 28.9 Å². The lowest BCUT2D eigenvalue weighted by molar-refractivity contribution is -0.136. The minimum atomic E-state index is -3.46. The largest absolute Gasteiger partial charge is 0.494 e. The van der Waals surface area contributed by atoms with E-state index < -0.39 is 15.8 Å². The van der Waals surface area contributed by atoms with Crippen LogP contribution < -0.4 is 0 Å². The Bertz CT molecular complexity index is 1620. The fraction of sp³-hybridized carbons (Fsp3) is 0.267. The highest BCUT2D eigenvalue weighted by Gasteiger charge is 2.20. The highest BCUT2D eigenvalue weighted by atomic mass is 35.5. The lowest BCUT2D eigenvalue weighted by Gasteiger charge is -2.17. The Morgan fingerprint density at radius 2 is 1.68 bits per heavy atom. The van der Waals surface area contributed by atoms with Crippen LogP contribution in [-0.4, -0.2) is 65.6 Å². The van der Waals surface area contributed by atoms with Crippen molar-refractivity contribution in [1.82, 2.24) is 9.88 Å². The maximum absolute atomic E-state index is 12.9. The molecule has 0 saturated heterocycles. The van der Waals surface area contributed by atoms with Crippen molar-refractivity contribution in [1.29, 1.82) is 0 Å². The second-order valence-electron chi connectivity index (χ2n) is 9.43. The summed E-state index contributed by atoms with van der Waals surface area (Å²) in [6, 6.07) is 19.0. The van der Waals surface area contributed by atoms with Gasteiger partial charge >= 0.3 is 5.97 Å². The van der Waals surface area contributed by atoms with Crippen LogP contribution in [0.5, 0.6) is 5.88 Å². The summed E-state index contributed by atoms with van der Waals surface area (Å²) in [4.78, 5) is 21.1. The van der Waals surface area contributed by atoms with Gasteiger partial charge in [0.15, 0.2) is 15.7 Å². The number of carboxylic acid groups (broad SMARTS) is 1. The molecule has 4 rings (SSSR count). The maximum Gasteiger partial charge on any atom is 0.303 e. The summed E-state index contributed by atoms with van der Waals surface area (Å²) in [5, 5.41) is 21.1. The van der Waals surface area contributed by atoms with Crippen LogP contribution in [0.15, 0.2) is 76.6 Å². The number of rotatable bonds is 12. The molecular formula is C30H32ClN3O5S. The molecule has 0 spiro atoms. The zero-order valence-electron chi connectivity index (χ0n) is 22.4. The number of fused-ring (bicyclic) bond motifs is 1. The summed E-state index contributed by atoms with van der Waals surface area (Å²) in [6.07, 6.45) is 0.414. The number of sulfone groups is 1. The quantitative estimate of drug-likeness (QED) is 0.181. The van der Waals surface area contributed by atoms with Crippen LogP contribution in [0.25, 0.3) is 10.9 Å². The third-order valence-corrected chi connectivity index (χ3v) is 8.79. The van der Waals surface area contributed by atoms with Gasteiger partial charge in [0.2, 0.25) is 0 Å². The summed E-state index contributed by atoms with van der Waals surface area (Å²) in [6.45, 7) is 6.05. The van der Waals surface area contributed by atoms with Crippen molar-refractivity contribution >= 4 is 49.7 Å². The summed E-state index contributed by atoms with van der Waals surface area (Å²) < 4.78 is 25.8. The van der Waals surface area contributed by atoms with Crippen LogP contribution in [-0.2, 0) is 21.1 Å². The monoisotopic (exact) mass is 581 g/mol. The molecule has 1 heterocycles. The summed E-state index contributed by atoms with van der Waals surface area (Å²) >= 11 is 6.16. The lowest BCUT2D eigenvalue weighted by atomic mass is 9.98. The Morgan fingerprint density at radius 3 is 2.30 bits per heavy atom. The van der Waals surface area contributed by atoms with E-state index in [0.29, 0.717) is 51.4 Å². The fourth-order valence-electron chi connectivity index (χ4n) is 4.50. The standard InChI is InChI=1S/C30H32ClN3O5S/c1-3-34(4-2)17-18-40(38,39)24-13-11-23(12-14-24)32-29(21-8-5-20(6-9-21)7-16-27(35)36)28-25-15-10-22(31)19-26(25)33-30(28)37/h5-6,8-15,19,33,37H,3-4,7,16-18H2,1-2H3,(H,35,36). The van der Waals surface area contributed by atoms with E-state index in [9.17, 15) is 18.3 Å². The van der Waals surface area contributed by atoms with Crippen LogP contribution >= 0.6 is 11.6 Å². The Balaban J connectivity index is 1.73. The third kappa shape index (κ3) is 6.91. The van der Waals surface area contributed by atoms with E-state index in [1.54, 1.807) is 42.5 Å². The molecule has 210 valence electrons. The molecule has 0 aliphatic carbocycles. The number of benzene rings is 3. The van der Waals surface area contributed by atoms with Crippen LogP contribution in [0.1, 0.15) is 37.0 Å². The molecule has 4 aromatic rings. The molecule has 3 N–H and O–H groups in total. The number of aliphatic carboxylic acids is 1. The first-order valence-corrected chi connectivity index (χ1v) is 15.1. The van der Waals surface area contributed by atoms with E-state index in [0.717, 1.165) is 18.7 Å². The molecule has 0 unspecified atom stereocenters. The number of H-pyrrole nitrogens is 1. The van der Waals surface area contributed by atoms with Gasteiger partial charge in [-0.3, -0.25) is 4.79 Å². The normalized spacial score (nSPS) is 12.3. The predicted molar refractivity (Wildman–Crippen MR) is 159 cm³/mol. The molecule has 0 bridgehead atoms. The van der Waals surface area contributed by atoms with Gasteiger partial charge in [0.25, 0.3) is 0 Å². The Hall–Kier alpha value is -3.66. The molecule has 0 aliphatic rings. The number of aliphatic imine (C=N–C) groups is 1. The number of hydrogen-bond acceptors (Lipinski definition) is 6. The van der Waals surface area contributed by atoms with Crippen molar-refractivity contribution in [3.8, 4) is 5.88 Å². The Kier molecular flexibility index (Phi) is 9.29. The number of nitrogens with zero attached hydrogens (tertiary/aromatic N) is 2. The second-order valence-corrected chi connectivity index (χ2v) is 12.0. The van der Waals surface area contributed by atoms with E-state index in [1.165, 1.54) is 0 Å². The van der Waals surface area contributed by atoms with Crippen LogP contribution in [0.4, 0.5) is 5.69 Å². The van der Waals surface area contributed by atoms with E-state index in [2.05, 4.69) is 9.88 Å². The molecule has 0 amide bonds. The summed E-state index contributed by atoms with van der Waals surface area (Å²) in [5.41, 5.74) is 3.64. The zero-order chi connectivity index (χ0) is 28.9. The molecule has 0 radical (unpaired) electrons. The van der Waals surface area contributed by atoms with Gasteiger partial charge < -0.3 is 20.1 Å². The minimum absolute atomic E-state index is 0.0223. The van der Waals surface area contributed by atoms with Crippen molar-refractivity contribution in [3.63, 3.8) is 0 Å². The lowest BCUT2D eigenvalue weighted by Crippen LogP contribution is -2.29. The number of aromatic nitrogens is 1. The van der Waals surface area contributed by atoms with Crippen molar-refractivity contribution in [2.45, 2.75) is 31.6 Å². The average Bonchev–Trinajstić information content (AvgIpc) is 3.26. The first-order valence-electron chi connectivity index (χ1n) is 13.1. The Labute approximate surface area is 238 Å². The summed E-state index contributed by atoms with van der Waals surface area (Å²) in [7, 11) is -3.46. The van der Waals surface area contributed by atoms with Gasteiger partial charge in [-0.25, -0.2) is 13.4 Å². The van der Waals surface area contributed by atoms with E-state index >= 15 is 0 Å². The molecule has 0 aliphatic heterocycles. The van der Waals surface area contributed by atoms with Gasteiger partial charge in [0.05, 0.1) is 33.1 Å². The van der Waals surface area contributed by atoms with Crippen molar-refractivity contribution in [2.24, 2.45) is 4.99 Å². The van der Waals surface area contributed by atoms with Crippen molar-refractivity contribution in [2.75, 3.05) is 25.4 Å². The highest BCUT2D eigenvalue weighted by molar-refractivity contribution is 7.91. The average molecular weight is 582 g/mol. The predicted octanol–water partition coefficient (Wildman–Crippen LogP) is 5.83. The number of hydrogen-bond donors (Lipinski definition) is 3. The molecule has 10 heteroatoms. The minimum Gasteiger partial charge on any atom is -0.494 e. The number of aryl methyl sites for hydroxylation is 1. The number of halogens is 1. The molecular weight excluding hydrogens is 550 g/mol. The van der Waals surface area contributed by atoms with Crippen molar-refractivity contribution < 1.29 is 23.4 Å². The van der Waals surface area contributed by atoms with E-state index in [-0.39, 0.29) is 22.9 Å².